The Labute approximate surface area is 130 Å². The molecule has 2 aromatic carbocycles. The van der Waals surface area contributed by atoms with Crippen LogP contribution in [0.4, 0.5) is 5.69 Å². The molecule has 1 spiro atoms. The van der Waals surface area contributed by atoms with Gasteiger partial charge in [0.1, 0.15) is 0 Å². The van der Waals surface area contributed by atoms with Crippen molar-refractivity contribution in [3.05, 3.63) is 64.7 Å². The topological polar surface area (TPSA) is 15.3 Å². The van der Waals surface area contributed by atoms with Gasteiger partial charge < -0.3 is 5.32 Å². The first-order valence-corrected chi connectivity index (χ1v) is 7.93. The average molecular weight is 299 g/mol. The summed E-state index contributed by atoms with van der Waals surface area (Å²) in [6.07, 6.45) is 1.21. The number of likely N-dealkylation sites (tertiary alicyclic amines) is 1. The van der Waals surface area contributed by atoms with E-state index in [4.69, 9.17) is 11.6 Å². The van der Waals surface area contributed by atoms with Crippen LogP contribution in [-0.4, -0.2) is 24.5 Å². The summed E-state index contributed by atoms with van der Waals surface area (Å²) in [4.78, 5) is 2.56. The van der Waals surface area contributed by atoms with Crippen LogP contribution in [0.2, 0.25) is 5.02 Å². The molecule has 0 aliphatic carbocycles. The fraction of sp³-hybridized carbons (Fsp3) is 0.333. The number of benzene rings is 2. The van der Waals surface area contributed by atoms with Crippen molar-refractivity contribution in [2.75, 3.05) is 25.0 Å². The molecule has 2 aliphatic heterocycles. The van der Waals surface area contributed by atoms with Crippen molar-refractivity contribution in [3.8, 4) is 0 Å². The molecule has 0 bridgehead atoms. The van der Waals surface area contributed by atoms with Gasteiger partial charge in [0, 0.05) is 35.8 Å². The van der Waals surface area contributed by atoms with E-state index >= 15 is 0 Å². The molecule has 0 unspecified atom stereocenters. The molecule has 108 valence electrons. The van der Waals surface area contributed by atoms with Crippen molar-refractivity contribution >= 4 is 17.3 Å². The van der Waals surface area contributed by atoms with Crippen LogP contribution in [0.5, 0.6) is 0 Å². The lowest BCUT2D eigenvalue weighted by Gasteiger charge is -2.24. The van der Waals surface area contributed by atoms with Crippen LogP contribution in [0.15, 0.2) is 48.5 Å². The standard InChI is InChI=1S/C18H19ClN2/c19-15-6-7-17-16(10-15)18(12-20-17)8-9-21(13-18)11-14-4-2-1-3-5-14/h1-7,10,20H,8-9,11-13H2/t18-/m1/s1. The first kappa shape index (κ1) is 13.2. The van der Waals surface area contributed by atoms with E-state index in [1.54, 1.807) is 0 Å². The predicted molar refractivity (Wildman–Crippen MR) is 88.0 cm³/mol. The van der Waals surface area contributed by atoms with Gasteiger partial charge in [0.05, 0.1) is 0 Å². The average Bonchev–Trinajstić information content (AvgIpc) is 3.06. The van der Waals surface area contributed by atoms with Crippen molar-refractivity contribution < 1.29 is 0 Å². The second-order valence-electron chi connectivity index (χ2n) is 6.27. The van der Waals surface area contributed by atoms with E-state index in [2.05, 4.69) is 52.7 Å². The highest BCUT2D eigenvalue weighted by Gasteiger charge is 2.44. The summed E-state index contributed by atoms with van der Waals surface area (Å²) >= 11 is 6.21. The number of halogens is 1. The van der Waals surface area contributed by atoms with E-state index < -0.39 is 0 Å². The molecule has 4 rings (SSSR count). The number of nitrogens with zero attached hydrogens (tertiary/aromatic N) is 1. The first-order chi connectivity index (χ1) is 10.3. The summed E-state index contributed by atoms with van der Waals surface area (Å²) in [5.74, 6) is 0. The first-order valence-electron chi connectivity index (χ1n) is 7.55. The minimum absolute atomic E-state index is 0.245. The highest BCUT2D eigenvalue weighted by molar-refractivity contribution is 6.30. The maximum atomic E-state index is 6.21. The molecule has 2 nitrogen and oxygen atoms in total. The molecule has 0 saturated carbocycles. The SMILES string of the molecule is Clc1ccc2c(c1)[C@]1(CCN(Cc3ccccc3)C1)CN2. The fourth-order valence-electron chi connectivity index (χ4n) is 3.77. The lowest BCUT2D eigenvalue weighted by atomic mass is 9.82. The van der Waals surface area contributed by atoms with E-state index in [-0.39, 0.29) is 5.41 Å². The molecule has 3 heteroatoms. The van der Waals surface area contributed by atoms with E-state index in [0.29, 0.717) is 0 Å². The Balaban J connectivity index is 1.56. The zero-order valence-electron chi connectivity index (χ0n) is 12.0. The van der Waals surface area contributed by atoms with Gasteiger partial charge in [-0.15, -0.1) is 0 Å². The molecule has 21 heavy (non-hydrogen) atoms. The molecular formula is C18H19ClN2. The third-order valence-corrected chi connectivity index (χ3v) is 5.09. The normalized spacial score (nSPS) is 24.2. The number of hydrogen-bond donors (Lipinski definition) is 1. The van der Waals surface area contributed by atoms with Crippen LogP contribution in [0.25, 0.3) is 0 Å². The van der Waals surface area contributed by atoms with Crippen molar-refractivity contribution in [2.24, 2.45) is 0 Å². The van der Waals surface area contributed by atoms with Gasteiger partial charge in [-0.3, -0.25) is 4.90 Å². The van der Waals surface area contributed by atoms with Crippen molar-refractivity contribution in [1.29, 1.82) is 0 Å². The lowest BCUT2D eigenvalue weighted by molar-refractivity contribution is 0.309. The summed E-state index contributed by atoms with van der Waals surface area (Å²) in [5.41, 5.74) is 4.31. The fourth-order valence-corrected chi connectivity index (χ4v) is 3.94. The van der Waals surface area contributed by atoms with Crippen LogP contribution in [0, 0.1) is 0 Å². The lowest BCUT2D eigenvalue weighted by Crippen LogP contribution is -2.32. The van der Waals surface area contributed by atoms with Gasteiger partial charge in [0.25, 0.3) is 0 Å². The summed E-state index contributed by atoms with van der Waals surface area (Å²) in [7, 11) is 0. The second-order valence-corrected chi connectivity index (χ2v) is 6.71. The van der Waals surface area contributed by atoms with E-state index in [1.807, 2.05) is 6.07 Å². The smallest absolute Gasteiger partial charge is 0.0410 e. The minimum atomic E-state index is 0.245. The number of hydrogen-bond acceptors (Lipinski definition) is 2. The van der Waals surface area contributed by atoms with Crippen molar-refractivity contribution in [3.63, 3.8) is 0 Å². The minimum Gasteiger partial charge on any atom is -0.384 e. The Morgan fingerprint density at radius 1 is 1.14 bits per heavy atom. The maximum Gasteiger partial charge on any atom is 0.0410 e. The molecule has 1 fully saturated rings. The van der Waals surface area contributed by atoms with Crippen LogP contribution >= 0.6 is 11.6 Å². The molecule has 0 aromatic heterocycles. The zero-order chi connectivity index (χ0) is 14.3. The summed E-state index contributed by atoms with van der Waals surface area (Å²) in [6.45, 7) is 4.34. The maximum absolute atomic E-state index is 6.21. The zero-order valence-corrected chi connectivity index (χ0v) is 12.7. The van der Waals surface area contributed by atoms with E-state index in [0.717, 1.165) is 31.2 Å². The Hall–Kier alpha value is -1.51. The molecule has 1 saturated heterocycles. The third kappa shape index (κ3) is 2.33. The van der Waals surface area contributed by atoms with Crippen LogP contribution in [-0.2, 0) is 12.0 Å². The van der Waals surface area contributed by atoms with Gasteiger partial charge in [-0.25, -0.2) is 0 Å². The molecule has 1 atom stereocenters. The van der Waals surface area contributed by atoms with Gasteiger partial charge in [0.15, 0.2) is 0 Å². The van der Waals surface area contributed by atoms with Crippen LogP contribution in [0.1, 0.15) is 17.5 Å². The number of fused-ring (bicyclic) bond motifs is 2. The quantitative estimate of drug-likeness (QED) is 0.904. The molecular weight excluding hydrogens is 280 g/mol. The van der Waals surface area contributed by atoms with Gasteiger partial charge in [-0.05, 0) is 42.3 Å². The Bertz CT molecular complexity index is 656. The monoisotopic (exact) mass is 298 g/mol. The molecule has 1 N–H and O–H groups in total. The van der Waals surface area contributed by atoms with Gasteiger partial charge in [0.2, 0.25) is 0 Å². The largest absolute Gasteiger partial charge is 0.384 e. The van der Waals surface area contributed by atoms with Gasteiger partial charge in [-0.2, -0.15) is 0 Å². The summed E-state index contributed by atoms with van der Waals surface area (Å²) in [6, 6.07) is 17.0. The Morgan fingerprint density at radius 2 is 2.00 bits per heavy atom. The Kier molecular flexibility index (Phi) is 3.16. The van der Waals surface area contributed by atoms with Crippen LogP contribution < -0.4 is 5.32 Å². The number of nitrogens with one attached hydrogen (secondary N) is 1. The summed E-state index contributed by atoms with van der Waals surface area (Å²) in [5, 5.41) is 4.40. The van der Waals surface area contributed by atoms with E-state index in [9.17, 15) is 0 Å². The van der Waals surface area contributed by atoms with Gasteiger partial charge in [-0.1, -0.05) is 41.9 Å². The van der Waals surface area contributed by atoms with Crippen molar-refractivity contribution in [1.82, 2.24) is 4.90 Å². The third-order valence-electron chi connectivity index (χ3n) is 4.85. The Morgan fingerprint density at radius 3 is 2.86 bits per heavy atom. The molecule has 2 aliphatic rings. The highest BCUT2D eigenvalue weighted by Crippen LogP contribution is 2.44. The second kappa shape index (κ2) is 5.04. The van der Waals surface area contributed by atoms with E-state index in [1.165, 1.54) is 23.2 Å². The predicted octanol–water partition coefficient (Wildman–Crippen LogP) is 3.91. The molecule has 0 radical (unpaired) electrons. The highest BCUT2D eigenvalue weighted by atomic mass is 35.5. The summed E-state index contributed by atoms with van der Waals surface area (Å²) < 4.78 is 0. The van der Waals surface area contributed by atoms with Crippen LogP contribution in [0.3, 0.4) is 0 Å². The number of anilines is 1. The van der Waals surface area contributed by atoms with Gasteiger partial charge >= 0.3 is 0 Å². The molecule has 2 heterocycles. The molecule has 2 aromatic rings. The van der Waals surface area contributed by atoms with Crippen molar-refractivity contribution in [2.45, 2.75) is 18.4 Å². The molecule has 0 amide bonds. The number of rotatable bonds is 2.